The molecule has 3 N–H and O–H groups in total. The van der Waals surface area contributed by atoms with E-state index in [1.54, 1.807) is 0 Å². The molecule has 1 aromatic carbocycles. The normalized spacial score (nSPS) is 9.94. The summed E-state index contributed by atoms with van der Waals surface area (Å²) < 4.78 is 0. The van der Waals surface area contributed by atoms with Gasteiger partial charge >= 0.3 is 0 Å². The average Bonchev–Trinajstić information content (AvgIpc) is 2.28. The summed E-state index contributed by atoms with van der Waals surface area (Å²) in [5.74, 6) is -0.777. The van der Waals surface area contributed by atoms with Crippen LogP contribution in [-0.4, -0.2) is 29.0 Å². The zero-order valence-corrected chi connectivity index (χ0v) is 9.27. The lowest BCUT2D eigenvalue weighted by Gasteiger charge is -2.07. The van der Waals surface area contributed by atoms with Crippen molar-refractivity contribution in [1.82, 2.24) is 5.32 Å². The fraction of sp³-hybridized carbons (Fsp3) is 0.300. The molecule has 0 unspecified atom stereocenters. The maximum atomic E-state index is 11.4. The Morgan fingerprint density at radius 1 is 1.53 bits per heavy atom. The number of nitrogens with one attached hydrogen (secondary N) is 2. The van der Waals surface area contributed by atoms with Crippen molar-refractivity contribution >= 4 is 17.3 Å². The molecule has 7 heteroatoms. The van der Waals surface area contributed by atoms with Gasteiger partial charge < -0.3 is 15.7 Å². The number of phenols is 1. The minimum Gasteiger partial charge on any atom is -0.505 e. The molecule has 0 saturated carbocycles. The summed E-state index contributed by atoms with van der Waals surface area (Å²) in [5, 5.41) is 25.2. The lowest BCUT2D eigenvalue weighted by Crippen LogP contribution is -2.28. The highest BCUT2D eigenvalue weighted by Crippen LogP contribution is 2.32. The number of amides is 1. The van der Waals surface area contributed by atoms with Crippen molar-refractivity contribution in [2.75, 3.05) is 18.4 Å². The molecular formula is C10H13N3O4. The number of benzene rings is 1. The number of likely N-dealkylation sites (N-methyl/N-ethyl adjacent to an activating group) is 1. The molecule has 0 atom stereocenters. The maximum absolute atomic E-state index is 11.4. The zero-order valence-electron chi connectivity index (χ0n) is 9.27. The van der Waals surface area contributed by atoms with Crippen LogP contribution in [-0.2, 0) is 4.79 Å². The zero-order chi connectivity index (χ0) is 12.8. The molecule has 1 aromatic rings. The Bertz CT molecular complexity index is 434. The van der Waals surface area contributed by atoms with Crippen LogP contribution < -0.4 is 10.6 Å². The van der Waals surface area contributed by atoms with Crippen LogP contribution in [0.4, 0.5) is 11.4 Å². The van der Waals surface area contributed by atoms with Crippen molar-refractivity contribution in [3.8, 4) is 5.75 Å². The highest BCUT2D eigenvalue weighted by Gasteiger charge is 2.18. The van der Waals surface area contributed by atoms with Crippen molar-refractivity contribution in [3.63, 3.8) is 0 Å². The van der Waals surface area contributed by atoms with Gasteiger partial charge in [-0.25, -0.2) is 0 Å². The number of carbonyl (C=O) groups is 1. The Morgan fingerprint density at radius 2 is 2.24 bits per heavy atom. The van der Waals surface area contributed by atoms with Gasteiger partial charge in [0, 0.05) is 6.07 Å². The molecule has 7 nitrogen and oxygen atoms in total. The van der Waals surface area contributed by atoms with Gasteiger partial charge in [-0.05, 0) is 12.6 Å². The second kappa shape index (κ2) is 5.80. The van der Waals surface area contributed by atoms with Crippen LogP contribution >= 0.6 is 0 Å². The van der Waals surface area contributed by atoms with Crippen molar-refractivity contribution in [3.05, 3.63) is 28.3 Å². The highest BCUT2D eigenvalue weighted by atomic mass is 16.6. The standard InChI is InChI=1S/C10H13N3O4/c1-2-11-6-9(15)12-10-7(13(16)17)4-3-5-8(10)14/h3-5,11,14H,2,6H2,1H3,(H,12,15). The van der Waals surface area contributed by atoms with E-state index in [1.165, 1.54) is 18.2 Å². The minimum absolute atomic E-state index is 0.0298. The van der Waals surface area contributed by atoms with Crippen LogP contribution in [0.3, 0.4) is 0 Å². The number of carbonyl (C=O) groups excluding carboxylic acids is 1. The maximum Gasteiger partial charge on any atom is 0.296 e. The monoisotopic (exact) mass is 239 g/mol. The predicted octanol–water partition coefficient (Wildman–Crippen LogP) is 0.848. The van der Waals surface area contributed by atoms with Crippen molar-refractivity contribution < 1.29 is 14.8 Å². The molecule has 0 bridgehead atoms. The fourth-order valence-corrected chi connectivity index (χ4v) is 1.23. The average molecular weight is 239 g/mol. The SMILES string of the molecule is CCNCC(=O)Nc1c(O)cccc1[N+](=O)[O-]. The summed E-state index contributed by atoms with van der Waals surface area (Å²) in [7, 11) is 0. The molecule has 17 heavy (non-hydrogen) atoms. The Labute approximate surface area is 97.6 Å². The molecule has 0 aliphatic rings. The van der Waals surface area contributed by atoms with Gasteiger partial charge in [0.25, 0.3) is 5.69 Å². The summed E-state index contributed by atoms with van der Waals surface area (Å²) in [4.78, 5) is 21.4. The third kappa shape index (κ3) is 3.42. The van der Waals surface area contributed by atoms with Crippen LogP contribution in [0, 0.1) is 10.1 Å². The van der Waals surface area contributed by atoms with E-state index in [1.807, 2.05) is 6.92 Å². The molecule has 0 saturated heterocycles. The molecular weight excluding hydrogens is 226 g/mol. The first kappa shape index (κ1) is 12.9. The number of hydrogen-bond acceptors (Lipinski definition) is 5. The highest BCUT2D eigenvalue weighted by molar-refractivity contribution is 5.96. The van der Waals surface area contributed by atoms with E-state index < -0.39 is 10.8 Å². The smallest absolute Gasteiger partial charge is 0.296 e. The van der Waals surface area contributed by atoms with Crippen LogP contribution in [0.1, 0.15) is 6.92 Å². The van der Waals surface area contributed by atoms with Gasteiger partial charge in [0.1, 0.15) is 5.75 Å². The number of nitro groups is 1. The van der Waals surface area contributed by atoms with E-state index in [4.69, 9.17) is 0 Å². The van der Waals surface area contributed by atoms with Gasteiger partial charge in [-0.15, -0.1) is 0 Å². The van der Waals surface area contributed by atoms with Crippen LogP contribution in [0.15, 0.2) is 18.2 Å². The van der Waals surface area contributed by atoms with E-state index in [0.29, 0.717) is 6.54 Å². The summed E-state index contributed by atoms with van der Waals surface area (Å²) in [6.07, 6.45) is 0. The Kier molecular flexibility index (Phi) is 4.41. The topological polar surface area (TPSA) is 104 Å². The molecule has 1 amide bonds. The molecule has 0 aromatic heterocycles. The van der Waals surface area contributed by atoms with Crippen LogP contribution in [0.2, 0.25) is 0 Å². The molecule has 0 spiro atoms. The van der Waals surface area contributed by atoms with E-state index in [0.717, 1.165) is 0 Å². The van der Waals surface area contributed by atoms with Gasteiger partial charge in [-0.2, -0.15) is 0 Å². The molecule has 0 aliphatic carbocycles. The number of phenolic OH excluding ortho intramolecular Hbond substituents is 1. The van der Waals surface area contributed by atoms with E-state index in [9.17, 15) is 20.0 Å². The lowest BCUT2D eigenvalue weighted by atomic mass is 10.2. The number of hydrogen-bond donors (Lipinski definition) is 3. The van der Waals surface area contributed by atoms with Gasteiger partial charge in [0.15, 0.2) is 5.69 Å². The first-order valence-corrected chi connectivity index (χ1v) is 5.03. The number of nitro benzene ring substituents is 1. The molecule has 0 radical (unpaired) electrons. The van der Waals surface area contributed by atoms with E-state index in [-0.39, 0.29) is 23.7 Å². The third-order valence-electron chi connectivity index (χ3n) is 2.02. The summed E-state index contributed by atoms with van der Waals surface area (Å²) in [6, 6.07) is 3.83. The lowest BCUT2D eigenvalue weighted by molar-refractivity contribution is -0.384. The van der Waals surface area contributed by atoms with Gasteiger partial charge in [-0.3, -0.25) is 14.9 Å². The number of nitrogens with zero attached hydrogens (tertiary/aromatic N) is 1. The van der Waals surface area contributed by atoms with Crippen molar-refractivity contribution in [2.45, 2.75) is 6.92 Å². The molecule has 0 aliphatic heterocycles. The van der Waals surface area contributed by atoms with Crippen LogP contribution in [0.5, 0.6) is 5.75 Å². The summed E-state index contributed by atoms with van der Waals surface area (Å²) in [6.45, 7) is 2.47. The Hall–Kier alpha value is -2.15. The Morgan fingerprint density at radius 3 is 2.82 bits per heavy atom. The Balaban J connectivity index is 2.89. The first-order chi connectivity index (χ1) is 8.06. The second-order valence-corrected chi connectivity index (χ2v) is 3.26. The predicted molar refractivity (Wildman–Crippen MR) is 61.9 cm³/mol. The number of anilines is 1. The van der Waals surface area contributed by atoms with Crippen LogP contribution in [0.25, 0.3) is 0 Å². The number of aromatic hydroxyl groups is 1. The quantitative estimate of drug-likeness (QED) is 0.401. The van der Waals surface area contributed by atoms with E-state index in [2.05, 4.69) is 10.6 Å². The molecule has 0 fully saturated rings. The summed E-state index contributed by atoms with van der Waals surface area (Å²) >= 11 is 0. The van der Waals surface area contributed by atoms with E-state index >= 15 is 0 Å². The van der Waals surface area contributed by atoms with Gasteiger partial charge in [-0.1, -0.05) is 13.0 Å². The molecule has 92 valence electrons. The second-order valence-electron chi connectivity index (χ2n) is 3.26. The fourth-order valence-electron chi connectivity index (χ4n) is 1.23. The first-order valence-electron chi connectivity index (χ1n) is 5.03. The summed E-state index contributed by atoms with van der Waals surface area (Å²) in [5.41, 5.74) is -0.518. The minimum atomic E-state index is -0.664. The van der Waals surface area contributed by atoms with Gasteiger partial charge in [0.05, 0.1) is 11.5 Å². The third-order valence-corrected chi connectivity index (χ3v) is 2.02. The number of rotatable bonds is 5. The molecule has 0 heterocycles. The number of para-hydroxylation sites is 1. The van der Waals surface area contributed by atoms with Gasteiger partial charge in [0.2, 0.25) is 5.91 Å². The largest absolute Gasteiger partial charge is 0.505 e. The van der Waals surface area contributed by atoms with Crippen molar-refractivity contribution in [2.24, 2.45) is 0 Å². The van der Waals surface area contributed by atoms with Crippen molar-refractivity contribution in [1.29, 1.82) is 0 Å². The molecule has 1 rings (SSSR count).